The van der Waals surface area contributed by atoms with Gasteiger partial charge in [0.15, 0.2) is 6.61 Å². The number of amides is 1. The summed E-state index contributed by atoms with van der Waals surface area (Å²) < 4.78 is 5.53. The molecule has 0 spiro atoms. The second-order valence-electron chi connectivity index (χ2n) is 4.34. The smallest absolute Gasteiger partial charge is 0.257 e. The fourth-order valence-electron chi connectivity index (χ4n) is 1.69. The predicted molar refractivity (Wildman–Crippen MR) is 77.6 cm³/mol. The molecule has 1 atom stereocenters. The van der Waals surface area contributed by atoms with Crippen molar-refractivity contribution in [2.75, 3.05) is 13.2 Å². The molecule has 1 aromatic carbocycles. The van der Waals surface area contributed by atoms with Gasteiger partial charge < -0.3 is 15.8 Å². The fraction of sp³-hybridized carbons (Fsp3) is 0.500. The summed E-state index contributed by atoms with van der Waals surface area (Å²) in [4.78, 5) is 11.4. The lowest BCUT2D eigenvalue weighted by Crippen LogP contribution is -2.29. The summed E-state index contributed by atoms with van der Waals surface area (Å²) in [5.74, 6) is 0.396. The van der Waals surface area contributed by atoms with Crippen molar-refractivity contribution in [1.82, 2.24) is 5.32 Å². The molecule has 0 bridgehead atoms. The quantitative estimate of drug-likeness (QED) is 0.806. The SMILES string of the molecule is CCNC(=O)COc1c(Cl)cccc1CC(N)CC. The Morgan fingerprint density at radius 3 is 2.84 bits per heavy atom. The second-order valence-corrected chi connectivity index (χ2v) is 4.75. The zero-order valence-corrected chi connectivity index (χ0v) is 12.2. The number of likely N-dealkylation sites (N-methyl/N-ethyl adjacent to an activating group) is 1. The number of benzene rings is 1. The highest BCUT2D eigenvalue weighted by Gasteiger charge is 2.12. The molecular formula is C14H21ClN2O2. The number of nitrogens with two attached hydrogens (primary N) is 1. The van der Waals surface area contributed by atoms with E-state index < -0.39 is 0 Å². The van der Waals surface area contributed by atoms with E-state index in [0.29, 0.717) is 23.7 Å². The van der Waals surface area contributed by atoms with Gasteiger partial charge in [-0.2, -0.15) is 0 Å². The van der Waals surface area contributed by atoms with E-state index in [0.717, 1.165) is 12.0 Å². The Hall–Kier alpha value is -1.26. The van der Waals surface area contributed by atoms with Crippen LogP contribution in [0, 0.1) is 0 Å². The van der Waals surface area contributed by atoms with Gasteiger partial charge in [0.1, 0.15) is 5.75 Å². The maximum atomic E-state index is 11.4. The van der Waals surface area contributed by atoms with Crippen LogP contribution in [0.15, 0.2) is 18.2 Å². The predicted octanol–water partition coefficient (Wildman–Crippen LogP) is 2.13. The van der Waals surface area contributed by atoms with Crippen LogP contribution in [0.4, 0.5) is 0 Å². The van der Waals surface area contributed by atoms with Crippen molar-refractivity contribution in [2.24, 2.45) is 5.73 Å². The minimum absolute atomic E-state index is 0.0358. The topological polar surface area (TPSA) is 64.3 Å². The van der Waals surface area contributed by atoms with Crippen LogP contribution in [-0.2, 0) is 11.2 Å². The highest BCUT2D eigenvalue weighted by Crippen LogP contribution is 2.29. The summed E-state index contributed by atoms with van der Waals surface area (Å²) in [5.41, 5.74) is 6.89. The molecule has 0 radical (unpaired) electrons. The summed E-state index contributed by atoms with van der Waals surface area (Å²) in [6.45, 7) is 4.44. The van der Waals surface area contributed by atoms with E-state index >= 15 is 0 Å². The average Bonchev–Trinajstić information content (AvgIpc) is 2.38. The van der Waals surface area contributed by atoms with E-state index in [2.05, 4.69) is 5.32 Å². The summed E-state index contributed by atoms with van der Waals surface area (Å²) in [5, 5.41) is 3.18. The molecule has 0 aromatic heterocycles. The van der Waals surface area contributed by atoms with E-state index in [1.54, 1.807) is 6.07 Å². The van der Waals surface area contributed by atoms with Gasteiger partial charge in [-0.3, -0.25) is 4.79 Å². The maximum Gasteiger partial charge on any atom is 0.257 e. The largest absolute Gasteiger partial charge is 0.482 e. The first kappa shape index (κ1) is 15.8. The summed E-state index contributed by atoms with van der Waals surface area (Å²) in [6.07, 6.45) is 1.56. The van der Waals surface area contributed by atoms with Gasteiger partial charge in [0.25, 0.3) is 5.91 Å². The molecule has 1 unspecified atom stereocenters. The lowest BCUT2D eigenvalue weighted by atomic mass is 10.0. The molecule has 0 aliphatic heterocycles. The van der Waals surface area contributed by atoms with Crippen LogP contribution in [0.1, 0.15) is 25.8 Å². The lowest BCUT2D eigenvalue weighted by Gasteiger charge is -2.15. The van der Waals surface area contributed by atoms with Gasteiger partial charge >= 0.3 is 0 Å². The van der Waals surface area contributed by atoms with E-state index in [4.69, 9.17) is 22.1 Å². The van der Waals surface area contributed by atoms with Gasteiger partial charge in [0.2, 0.25) is 0 Å². The lowest BCUT2D eigenvalue weighted by molar-refractivity contribution is -0.122. The maximum absolute atomic E-state index is 11.4. The molecule has 0 heterocycles. The van der Waals surface area contributed by atoms with Crippen molar-refractivity contribution in [2.45, 2.75) is 32.7 Å². The van der Waals surface area contributed by atoms with E-state index in [9.17, 15) is 4.79 Å². The summed E-state index contributed by atoms with van der Waals surface area (Å²) >= 11 is 6.12. The summed E-state index contributed by atoms with van der Waals surface area (Å²) in [7, 11) is 0. The van der Waals surface area contributed by atoms with Gasteiger partial charge in [0.05, 0.1) is 5.02 Å². The van der Waals surface area contributed by atoms with Crippen LogP contribution in [0.25, 0.3) is 0 Å². The minimum atomic E-state index is -0.159. The molecule has 106 valence electrons. The molecule has 0 saturated heterocycles. The van der Waals surface area contributed by atoms with Crippen molar-refractivity contribution in [3.63, 3.8) is 0 Å². The van der Waals surface area contributed by atoms with Crippen LogP contribution in [0.5, 0.6) is 5.75 Å². The van der Waals surface area contributed by atoms with Crippen molar-refractivity contribution >= 4 is 17.5 Å². The van der Waals surface area contributed by atoms with Crippen LogP contribution in [0.3, 0.4) is 0 Å². The molecule has 1 amide bonds. The first-order valence-electron chi connectivity index (χ1n) is 6.50. The number of halogens is 1. The van der Waals surface area contributed by atoms with E-state index in [1.807, 2.05) is 26.0 Å². The molecule has 3 N–H and O–H groups in total. The van der Waals surface area contributed by atoms with Crippen molar-refractivity contribution in [3.8, 4) is 5.75 Å². The summed E-state index contributed by atoms with van der Waals surface area (Å²) in [6, 6.07) is 5.59. The number of ether oxygens (including phenoxy) is 1. The van der Waals surface area contributed by atoms with Gasteiger partial charge in [-0.05, 0) is 31.4 Å². The number of para-hydroxylation sites is 1. The molecule has 5 heteroatoms. The minimum Gasteiger partial charge on any atom is -0.482 e. The number of hydrogen-bond acceptors (Lipinski definition) is 3. The first-order valence-corrected chi connectivity index (χ1v) is 6.88. The number of nitrogens with one attached hydrogen (secondary N) is 1. The third-order valence-corrected chi connectivity index (χ3v) is 3.07. The first-order chi connectivity index (χ1) is 9.08. The van der Waals surface area contributed by atoms with Crippen molar-refractivity contribution in [3.05, 3.63) is 28.8 Å². The van der Waals surface area contributed by atoms with E-state index in [1.165, 1.54) is 0 Å². The zero-order valence-electron chi connectivity index (χ0n) is 11.4. The molecule has 4 nitrogen and oxygen atoms in total. The van der Waals surface area contributed by atoms with E-state index in [-0.39, 0.29) is 18.6 Å². The van der Waals surface area contributed by atoms with Gasteiger partial charge in [-0.1, -0.05) is 30.7 Å². The highest BCUT2D eigenvalue weighted by atomic mass is 35.5. The highest BCUT2D eigenvalue weighted by molar-refractivity contribution is 6.32. The number of carbonyl (C=O) groups is 1. The van der Waals surface area contributed by atoms with Crippen LogP contribution in [0.2, 0.25) is 5.02 Å². The third kappa shape index (κ3) is 5.09. The third-order valence-electron chi connectivity index (χ3n) is 2.78. The average molecular weight is 285 g/mol. The van der Waals surface area contributed by atoms with Crippen LogP contribution >= 0.6 is 11.6 Å². The molecule has 0 aliphatic rings. The van der Waals surface area contributed by atoms with Crippen LogP contribution < -0.4 is 15.8 Å². The number of rotatable bonds is 7. The molecular weight excluding hydrogens is 264 g/mol. The normalized spacial score (nSPS) is 12.0. The van der Waals surface area contributed by atoms with Gasteiger partial charge in [-0.25, -0.2) is 0 Å². The Kier molecular flexibility index (Phi) is 6.67. The standard InChI is InChI=1S/C14H21ClN2O2/c1-3-11(16)8-10-6-5-7-12(15)14(10)19-9-13(18)17-4-2/h5-7,11H,3-4,8-9,16H2,1-2H3,(H,17,18). The molecule has 0 saturated carbocycles. The second kappa shape index (κ2) is 8.02. The van der Waals surface area contributed by atoms with Crippen LogP contribution in [-0.4, -0.2) is 25.1 Å². The van der Waals surface area contributed by atoms with Gasteiger partial charge in [0, 0.05) is 12.6 Å². The Morgan fingerprint density at radius 1 is 1.47 bits per heavy atom. The fourth-order valence-corrected chi connectivity index (χ4v) is 1.94. The Morgan fingerprint density at radius 2 is 2.21 bits per heavy atom. The Balaban J connectivity index is 2.77. The zero-order chi connectivity index (χ0) is 14.3. The van der Waals surface area contributed by atoms with Crippen molar-refractivity contribution < 1.29 is 9.53 Å². The molecule has 19 heavy (non-hydrogen) atoms. The monoisotopic (exact) mass is 284 g/mol. The molecule has 1 rings (SSSR count). The molecule has 1 aromatic rings. The van der Waals surface area contributed by atoms with Gasteiger partial charge in [-0.15, -0.1) is 0 Å². The number of hydrogen-bond donors (Lipinski definition) is 2. The van der Waals surface area contributed by atoms with Crippen molar-refractivity contribution in [1.29, 1.82) is 0 Å². The molecule has 0 fully saturated rings. The Bertz CT molecular complexity index is 424. The number of carbonyl (C=O) groups excluding carboxylic acids is 1. The Labute approximate surface area is 119 Å². The molecule has 0 aliphatic carbocycles.